The van der Waals surface area contributed by atoms with Gasteiger partial charge in [-0.1, -0.05) is 17.7 Å². The number of hydrogen-bond donors (Lipinski definition) is 3. The van der Waals surface area contributed by atoms with Crippen molar-refractivity contribution in [1.29, 1.82) is 0 Å². The Hall–Kier alpha value is -2.34. The molecule has 0 saturated carbocycles. The number of halogens is 1. The SMILES string of the molecule is Cc1c(Cl)cccc1C(=O)NC(Cc1cnc[nH]1)C(=O)O. The van der Waals surface area contributed by atoms with Crippen molar-refractivity contribution in [2.75, 3.05) is 0 Å². The summed E-state index contributed by atoms with van der Waals surface area (Å²) < 4.78 is 0. The zero-order valence-corrected chi connectivity index (χ0v) is 12.0. The van der Waals surface area contributed by atoms with E-state index >= 15 is 0 Å². The molecule has 3 N–H and O–H groups in total. The molecule has 110 valence electrons. The van der Waals surface area contributed by atoms with Gasteiger partial charge in [0.2, 0.25) is 0 Å². The molecule has 1 aromatic carbocycles. The first kappa shape index (κ1) is 15.1. The highest BCUT2D eigenvalue weighted by Crippen LogP contribution is 2.18. The third kappa shape index (κ3) is 3.61. The Kier molecular flexibility index (Phi) is 4.59. The molecule has 1 heterocycles. The maximum absolute atomic E-state index is 12.2. The summed E-state index contributed by atoms with van der Waals surface area (Å²) in [5, 5.41) is 12.2. The summed E-state index contributed by atoms with van der Waals surface area (Å²) in [6.45, 7) is 1.71. The predicted octanol–water partition coefficient (Wildman–Crippen LogP) is 1.80. The molecule has 0 spiro atoms. The number of imidazole rings is 1. The van der Waals surface area contributed by atoms with Gasteiger partial charge in [0.15, 0.2) is 0 Å². The number of nitrogens with zero attached hydrogens (tertiary/aromatic N) is 1. The van der Waals surface area contributed by atoms with Crippen molar-refractivity contribution >= 4 is 23.5 Å². The smallest absolute Gasteiger partial charge is 0.326 e. The number of carboxylic acid groups (broad SMARTS) is 1. The van der Waals surface area contributed by atoms with Crippen molar-refractivity contribution in [1.82, 2.24) is 15.3 Å². The molecule has 0 aliphatic carbocycles. The standard InChI is InChI=1S/C14H14ClN3O3/c1-8-10(3-2-4-11(8)15)13(19)18-12(14(20)21)5-9-6-16-7-17-9/h2-4,6-7,12H,5H2,1H3,(H,16,17)(H,18,19)(H,20,21). The van der Waals surface area contributed by atoms with E-state index in [1.807, 2.05) is 0 Å². The van der Waals surface area contributed by atoms with Gasteiger partial charge in [0.1, 0.15) is 6.04 Å². The summed E-state index contributed by atoms with van der Waals surface area (Å²) in [6, 6.07) is 3.88. The summed E-state index contributed by atoms with van der Waals surface area (Å²) in [7, 11) is 0. The van der Waals surface area contributed by atoms with Crippen molar-refractivity contribution < 1.29 is 14.7 Å². The quantitative estimate of drug-likeness (QED) is 0.785. The average molecular weight is 308 g/mol. The van der Waals surface area contributed by atoms with E-state index in [1.165, 1.54) is 12.5 Å². The Morgan fingerprint density at radius 1 is 1.48 bits per heavy atom. The van der Waals surface area contributed by atoms with E-state index in [2.05, 4.69) is 15.3 Å². The number of benzene rings is 1. The van der Waals surface area contributed by atoms with Gasteiger partial charge in [-0.25, -0.2) is 9.78 Å². The van der Waals surface area contributed by atoms with Gasteiger partial charge in [-0.3, -0.25) is 4.79 Å². The van der Waals surface area contributed by atoms with Crippen LogP contribution in [0.4, 0.5) is 0 Å². The number of aromatic nitrogens is 2. The number of aliphatic carboxylic acids is 1. The molecule has 1 amide bonds. The van der Waals surface area contributed by atoms with Crippen LogP contribution < -0.4 is 5.32 Å². The van der Waals surface area contributed by atoms with E-state index in [9.17, 15) is 14.7 Å². The largest absolute Gasteiger partial charge is 0.480 e. The molecule has 2 aromatic rings. The molecule has 0 saturated heterocycles. The minimum atomic E-state index is -1.11. The number of carbonyl (C=O) groups excluding carboxylic acids is 1. The first-order valence-electron chi connectivity index (χ1n) is 6.25. The van der Waals surface area contributed by atoms with Crippen molar-refractivity contribution in [3.05, 3.63) is 52.6 Å². The fourth-order valence-corrected chi connectivity index (χ4v) is 2.08. The second-order valence-corrected chi connectivity index (χ2v) is 4.96. The van der Waals surface area contributed by atoms with E-state index in [4.69, 9.17) is 11.6 Å². The van der Waals surface area contributed by atoms with Crippen LogP contribution in [0.5, 0.6) is 0 Å². The number of rotatable bonds is 5. The average Bonchev–Trinajstić information content (AvgIpc) is 2.93. The van der Waals surface area contributed by atoms with Crippen molar-refractivity contribution in [3.63, 3.8) is 0 Å². The number of nitrogens with one attached hydrogen (secondary N) is 2. The lowest BCUT2D eigenvalue weighted by molar-refractivity contribution is -0.139. The molecular weight excluding hydrogens is 294 g/mol. The normalized spacial score (nSPS) is 11.9. The van der Waals surface area contributed by atoms with Gasteiger partial charge in [-0.05, 0) is 24.6 Å². The van der Waals surface area contributed by atoms with Crippen LogP contribution in [0.25, 0.3) is 0 Å². The topological polar surface area (TPSA) is 95.1 Å². The minimum absolute atomic E-state index is 0.126. The van der Waals surface area contributed by atoms with Gasteiger partial charge in [0, 0.05) is 28.9 Å². The molecular formula is C14H14ClN3O3. The first-order valence-corrected chi connectivity index (χ1v) is 6.63. The van der Waals surface area contributed by atoms with Crippen molar-refractivity contribution in [2.24, 2.45) is 0 Å². The van der Waals surface area contributed by atoms with Gasteiger partial charge in [-0.2, -0.15) is 0 Å². The van der Waals surface area contributed by atoms with Crippen LogP contribution in [0, 0.1) is 6.92 Å². The Balaban J connectivity index is 2.15. The van der Waals surface area contributed by atoms with Gasteiger partial charge in [0.05, 0.1) is 6.33 Å². The molecule has 6 nitrogen and oxygen atoms in total. The maximum atomic E-state index is 12.2. The number of carboxylic acids is 1. The molecule has 7 heteroatoms. The number of amides is 1. The summed E-state index contributed by atoms with van der Waals surface area (Å²) >= 11 is 5.96. The Labute approximate surface area is 126 Å². The van der Waals surface area contributed by atoms with Crippen LogP contribution >= 0.6 is 11.6 Å². The second kappa shape index (κ2) is 6.41. The number of carbonyl (C=O) groups is 2. The van der Waals surface area contributed by atoms with E-state index < -0.39 is 17.9 Å². The highest BCUT2D eigenvalue weighted by molar-refractivity contribution is 6.31. The molecule has 0 radical (unpaired) electrons. The van der Waals surface area contributed by atoms with Crippen LogP contribution in [0.15, 0.2) is 30.7 Å². The minimum Gasteiger partial charge on any atom is -0.480 e. The van der Waals surface area contributed by atoms with E-state index in [1.54, 1.807) is 25.1 Å². The maximum Gasteiger partial charge on any atom is 0.326 e. The van der Waals surface area contributed by atoms with Gasteiger partial charge in [-0.15, -0.1) is 0 Å². The van der Waals surface area contributed by atoms with Crippen molar-refractivity contribution in [3.8, 4) is 0 Å². The van der Waals surface area contributed by atoms with Crippen molar-refractivity contribution in [2.45, 2.75) is 19.4 Å². The zero-order valence-electron chi connectivity index (χ0n) is 11.3. The summed E-state index contributed by atoms with van der Waals surface area (Å²) in [5.41, 5.74) is 1.60. The Morgan fingerprint density at radius 2 is 2.24 bits per heavy atom. The highest BCUT2D eigenvalue weighted by atomic mass is 35.5. The number of H-pyrrole nitrogens is 1. The fourth-order valence-electron chi connectivity index (χ4n) is 1.91. The zero-order chi connectivity index (χ0) is 15.4. The molecule has 0 aliphatic heterocycles. The van der Waals surface area contributed by atoms with E-state index in [0.717, 1.165) is 0 Å². The molecule has 1 unspecified atom stereocenters. The molecule has 0 bridgehead atoms. The van der Waals surface area contributed by atoms with E-state index in [-0.39, 0.29) is 6.42 Å². The molecule has 1 atom stereocenters. The van der Waals surface area contributed by atoms with E-state index in [0.29, 0.717) is 21.8 Å². The van der Waals surface area contributed by atoms with Gasteiger partial charge < -0.3 is 15.4 Å². The summed E-state index contributed by atoms with van der Waals surface area (Å²) in [5.74, 6) is -1.58. The number of aromatic amines is 1. The molecule has 0 fully saturated rings. The lowest BCUT2D eigenvalue weighted by Gasteiger charge is -2.15. The van der Waals surface area contributed by atoms with Gasteiger partial charge >= 0.3 is 5.97 Å². The fraction of sp³-hybridized carbons (Fsp3) is 0.214. The monoisotopic (exact) mass is 307 g/mol. The van der Waals surface area contributed by atoms with Crippen LogP contribution in [-0.2, 0) is 11.2 Å². The highest BCUT2D eigenvalue weighted by Gasteiger charge is 2.22. The van der Waals surface area contributed by atoms with Crippen LogP contribution in [0.2, 0.25) is 5.02 Å². The Morgan fingerprint density at radius 3 is 2.86 bits per heavy atom. The lowest BCUT2D eigenvalue weighted by Crippen LogP contribution is -2.42. The van der Waals surface area contributed by atoms with Gasteiger partial charge in [0.25, 0.3) is 5.91 Å². The summed E-state index contributed by atoms with van der Waals surface area (Å²) in [4.78, 5) is 30.1. The summed E-state index contributed by atoms with van der Waals surface area (Å²) in [6.07, 6.45) is 3.10. The predicted molar refractivity (Wildman–Crippen MR) is 77.4 cm³/mol. The number of hydrogen-bond acceptors (Lipinski definition) is 3. The van der Waals surface area contributed by atoms with Crippen LogP contribution in [-0.4, -0.2) is 33.0 Å². The first-order chi connectivity index (χ1) is 9.99. The third-order valence-electron chi connectivity index (χ3n) is 3.09. The van der Waals surface area contributed by atoms with Crippen LogP contribution in [0.3, 0.4) is 0 Å². The molecule has 0 aliphatic rings. The molecule has 1 aromatic heterocycles. The van der Waals surface area contributed by atoms with Crippen LogP contribution in [0.1, 0.15) is 21.6 Å². The Bertz CT molecular complexity index is 655. The third-order valence-corrected chi connectivity index (χ3v) is 3.50. The second-order valence-electron chi connectivity index (χ2n) is 4.56. The molecule has 21 heavy (non-hydrogen) atoms. The molecule has 2 rings (SSSR count). The lowest BCUT2D eigenvalue weighted by atomic mass is 10.1.